The van der Waals surface area contributed by atoms with Gasteiger partial charge in [-0.2, -0.15) is 23.2 Å². The molecule has 3 aromatic heterocycles. The van der Waals surface area contributed by atoms with Gasteiger partial charge in [0.15, 0.2) is 0 Å². The lowest BCUT2D eigenvalue weighted by atomic mass is 10.1. The number of halogens is 4. The summed E-state index contributed by atoms with van der Waals surface area (Å²) in [6.45, 7) is 3.79. The standard InChI is InChI=1S/C24H20F4N6O2S/c1-4-15-10-20-16(11-18(15)25)17(12-29)22(34(20)23-30-8-5-9-31-23)19-6-7-21(13(2)32-19)37(35,36)33-14(3)24(26,27)28/h5-11,14,33H,4H2,1-3H3/t14-/m0/s1. The zero-order valence-corrected chi connectivity index (χ0v) is 20.6. The van der Waals surface area contributed by atoms with Crippen molar-refractivity contribution in [2.24, 2.45) is 0 Å². The molecule has 4 rings (SSSR count). The molecule has 0 saturated heterocycles. The minimum atomic E-state index is -4.78. The van der Waals surface area contributed by atoms with Crippen molar-refractivity contribution in [2.45, 2.75) is 44.3 Å². The van der Waals surface area contributed by atoms with E-state index >= 15 is 0 Å². The van der Waals surface area contributed by atoms with Gasteiger partial charge in [0.05, 0.1) is 28.2 Å². The molecule has 37 heavy (non-hydrogen) atoms. The van der Waals surface area contributed by atoms with Crippen LogP contribution in [0.15, 0.2) is 47.6 Å². The van der Waals surface area contributed by atoms with Crippen LogP contribution in [-0.4, -0.2) is 40.2 Å². The van der Waals surface area contributed by atoms with Gasteiger partial charge in [0.2, 0.25) is 16.0 Å². The molecule has 1 N–H and O–H groups in total. The predicted octanol–water partition coefficient (Wildman–Crippen LogP) is 4.59. The highest BCUT2D eigenvalue weighted by Gasteiger charge is 2.39. The third-order valence-corrected chi connectivity index (χ3v) is 7.45. The van der Waals surface area contributed by atoms with Crippen LogP contribution in [0.5, 0.6) is 0 Å². The van der Waals surface area contributed by atoms with Crippen LogP contribution in [0.3, 0.4) is 0 Å². The second kappa shape index (κ2) is 9.53. The lowest BCUT2D eigenvalue weighted by Crippen LogP contribution is -2.43. The summed E-state index contributed by atoms with van der Waals surface area (Å²) in [5.74, 6) is -0.339. The van der Waals surface area contributed by atoms with E-state index in [4.69, 9.17) is 0 Å². The number of hydrogen-bond acceptors (Lipinski definition) is 6. The zero-order chi connectivity index (χ0) is 27.1. The van der Waals surface area contributed by atoms with Crippen molar-refractivity contribution in [3.05, 3.63) is 65.4 Å². The monoisotopic (exact) mass is 532 g/mol. The minimum absolute atomic E-state index is 0.0512. The summed E-state index contributed by atoms with van der Waals surface area (Å²) in [6, 6.07) is 6.53. The van der Waals surface area contributed by atoms with Gasteiger partial charge in [0.1, 0.15) is 22.8 Å². The maximum atomic E-state index is 14.7. The van der Waals surface area contributed by atoms with Crippen molar-refractivity contribution in [3.63, 3.8) is 0 Å². The van der Waals surface area contributed by atoms with Gasteiger partial charge in [-0.05, 0) is 56.2 Å². The third kappa shape index (κ3) is 4.77. The SMILES string of the molecule is CCc1cc2c(cc1F)c(C#N)c(-c1ccc(S(=O)(=O)N[C@@H](C)C(F)(F)F)c(C)n1)n2-c1ncccn1. The number of fused-ring (bicyclic) bond motifs is 1. The van der Waals surface area contributed by atoms with E-state index in [1.165, 1.54) is 36.0 Å². The Labute approximate surface area is 209 Å². The molecule has 0 aliphatic carbocycles. The van der Waals surface area contributed by atoms with Gasteiger partial charge >= 0.3 is 6.18 Å². The minimum Gasteiger partial charge on any atom is -0.275 e. The maximum absolute atomic E-state index is 14.7. The smallest absolute Gasteiger partial charge is 0.275 e. The van der Waals surface area contributed by atoms with Crippen LogP contribution in [-0.2, 0) is 16.4 Å². The Kier molecular flexibility index (Phi) is 6.74. The zero-order valence-electron chi connectivity index (χ0n) is 19.8. The molecule has 0 unspecified atom stereocenters. The molecule has 8 nitrogen and oxygen atoms in total. The fourth-order valence-corrected chi connectivity index (χ4v) is 5.33. The highest BCUT2D eigenvalue weighted by atomic mass is 32.2. The number of hydrogen-bond donors (Lipinski definition) is 1. The van der Waals surface area contributed by atoms with E-state index in [0.29, 0.717) is 24.4 Å². The number of pyridine rings is 1. The van der Waals surface area contributed by atoms with Gasteiger partial charge in [-0.15, -0.1) is 0 Å². The molecule has 13 heteroatoms. The first kappa shape index (κ1) is 26.2. The van der Waals surface area contributed by atoms with Crippen molar-refractivity contribution in [2.75, 3.05) is 0 Å². The number of alkyl halides is 3. The van der Waals surface area contributed by atoms with Crippen molar-refractivity contribution < 1.29 is 26.0 Å². The van der Waals surface area contributed by atoms with E-state index in [2.05, 4.69) is 21.0 Å². The van der Waals surface area contributed by atoms with E-state index in [-0.39, 0.29) is 34.0 Å². The number of sulfonamides is 1. The van der Waals surface area contributed by atoms with Crippen LogP contribution in [0.2, 0.25) is 0 Å². The Morgan fingerprint density at radius 3 is 2.43 bits per heavy atom. The number of aryl methyl sites for hydroxylation is 2. The highest BCUT2D eigenvalue weighted by Crippen LogP contribution is 2.36. The molecule has 4 aromatic rings. The Balaban J connectivity index is 1.96. The number of rotatable bonds is 6. The molecular formula is C24H20F4N6O2S. The van der Waals surface area contributed by atoms with Gasteiger partial charge in [-0.25, -0.2) is 22.8 Å². The molecule has 0 saturated carbocycles. The van der Waals surface area contributed by atoms with Crippen LogP contribution in [0.1, 0.15) is 30.7 Å². The van der Waals surface area contributed by atoms with Crippen LogP contribution in [0.4, 0.5) is 17.6 Å². The van der Waals surface area contributed by atoms with E-state index in [9.17, 15) is 31.2 Å². The van der Waals surface area contributed by atoms with E-state index in [1.807, 2.05) is 0 Å². The van der Waals surface area contributed by atoms with E-state index in [0.717, 1.165) is 6.07 Å². The van der Waals surface area contributed by atoms with Crippen molar-refractivity contribution in [3.8, 4) is 23.4 Å². The number of aromatic nitrogens is 4. The van der Waals surface area contributed by atoms with E-state index < -0.39 is 33.0 Å². The van der Waals surface area contributed by atoms with Gasteiger partial charge in [0.25, 0.3) is 0 Å². The highest BCUT2D eigenvalue weighted by molar-refractivity contribution is 7.89. The van der Waals surface area contributed by atoms with E-state index in [1.54, 1.807) is 23.8 Å². The second-order valence-electron chi connectivity index (χ2n) is 8.20. The topological polar surface area (TPSA) is 114 Å². The summed E-state index contributed by atoms with van der Waals surface area (Å²) < 4.78 is 81.9. The summed E-state index contributed by atoms with van der Waals surface area (Å²) in [6.07, 6.45) is -1.43. The fourth-order valence-electron chi connectivity index (χ4n) is 3.92. The third-order valence-electron chi connectivity index (χ3n) is 5.77. The van der Waals surface area contributed by atoms with Crippen LogP contribution < -0.4 is 4.72 Å². The molecule has 1 atom stereocenters. The maximum Gasteiger partial charge on any atom is 0.404 e. The lowest BCUT2D eigenvalue weighted by molar-refractivity contribution is -0.147. The largest absolute Gasteiger partial charge is 0.404 e. The molecule has 0 aliphatic heterocycles. The first-order valence-electron chi connectivity index (χ1n) is 11.0. The molecule has 0 bridgehead atoms. The van der Waals surface area contributed by atoms with Crippen LogP contribution in [0.25, 0.3) is 28.2 Å². The molecule has 0 spiro atoms. The van der Waals surface area contributed by atoms with Crippen molar-refractivity contribution >= 4 is 20.9 Å². The normalized spacial score (nSPS) is 13.0. The lowest BCUT2D eigenvalue weighted by Gasteiger charge is -2.18. The number of nitriles is 1. The van der Waals surface area contributed by atoms with Gasteiger partial charge in [-0.3, -0.25) is 9.55 Å². The fraction of sp³-hybridized carbons (Fsp3) is 0.250. The second-order valence-corrected chi connectivity index (χ2v) is 9.88. The molecule has 192 valence electrons. The summed E-state index contributed by atoms with van der Waals surface area (Å²) in [4.78, 5) is 12.4. The van der Waals surface area contributed by atoms with Crippen LogP contribution >= 0.6 is 0 Å². The van der Waals surface area contributed by atoms with Crippen LogP contribution in [0, 0.1) is 24.1 Å². The molecule has 0 aliphatic rings. The Hall–Kier alpha value is -3.89. The Morgan fingerprint density at radius 2 is 1.86 bits per heavy atom. The van der Waals surface area contributed by atoms with Gasteiger partial charge < -0.3 is 0 Å². The van der Waals surface area contributed by atoms with Crippen molar-refractivity contribution in [1.29, 1.82) is 5.26 Å². The summed E-state index contributed by atoms with van der Waals surface area (Å²) >= 11 is 0. The van der Waals surface area contributed by atoms with Crippen molar-refractivity contribution in [1.82, 2.24) is 24.2 Å². The summed E-state index contributed by atoms with van der Waals surface area (Å²) in [5, 5.41) is 10.3. The molecule has 0 fully saturated rings. The Morgan fingerprint density at radius 1 is 1.19 bits per heavy atom. The average molecular weight is 533 g/mol. The number of benzene rings is 1. The quantitative estimate of drug-likeness (QED) is 0.364. The Bertz CT molecular complexity index is 1640. The van der Waals surface area contributed by atoms with Gasteiger partial charge in [-0.1, -0.05) is 6.92 Å². The molecule has 1 aromatic carbocycles. The summed E-state index contributed by atoms with van der Waals surface area (Å²) in [5.41, 5.74) is 1.09. The predicted molar refractivity (Wildman–Crippen MR) is 127 cm³/mol. The molecular weight excluding hydrogens is 512 g/mol. The summed E-state index contributed by atoms with van der Waals surface area (Å²) in [7, 11) is -4.57. The number of nitrogens with one attached hydrogen (secondary N) is 1. The average Bonchev–Trinajstić information content (AvgIpc) is 3.15. The van der Waals surface area contributed by atoms with Gasteiger partial charge in [0, 0.05) is 17.8 Å². The first-order chi connectivity index (χ1) is 17.4. The molecule has 0 amide bonds. The molecule has 3 heterocycles. The molecule has 0 radical (unpaired) electrons. The number of nitrogens with zero attached hydrogens (tertiary/aromatic N) is 5. The first-order valence-corrected chi connectivity index (χ1v) is 12.5.